The minimum Gasteiger partial charge on any atom is -0.465 e. The molecule has 0 atom stereocenters. The van der Waals surface area contributed by atoms with Crippen LogP contribution in [0.4, 0.5) is 11.4 Å². The number of anilines is 2. The fraction of sp³-hybridized carbons (Fsp3) is 0.130. The number of aryl methyl sites for hydroxylation is 1. The van der Waals surface area contributed by atoms with E-state index in [0.717, 1.165) is 9.87 Å². The SMILES string of the molecule is COC(=O)c1ccc(NC(=O)c2cccc(N(C)S(=O)(=O)c3ccc(C)cc3)c2)cc1. The standard InChI is InChI=1S/C23H22N2O5S/c1-16-7-13-21(14-8-16)31(28,29)25(2)20-6-4-5-18(15-20)22(26)24-19-11-9-17(10-12-19)23(27)30-3/h4-15H,1-3H3,(H,24,26). The largest absolute Gasteiger partial charge is 0.465 e. The summed E-state index contributed by atoms with van der Waals surface area (Å²) < 4.78 is 31.6. The number of esters is 1. The highest BCUT2D eigenvalue weighted by Gasteiger charge is 2.22. The van der Waals surface area contributed by atoms with Crippen molar-refractivity contribution in [2.45, 2.75) is 11.8 Å². The number of amides is 1. The zero-order valence-corrected chi connectivity index (χ0v) is 18.1. The maximum absolute atomic E-state index is 12.9. The number of carbonyl (C=O) groups excluding carboxylic acids is 2. The number of rotatable bonds is 6. The molecular formula is C23H22N2O5S. The van der Waals surface area contributed by atoms with Crippen molar-refractivity contribution < 1.29 is 22.7 Å². The van der Waals surface area contributed by atoms with E-state index in [2.05, 4.69) is 10.1 Å². The van der Waals surface area contributed by atoms with Gasteiger partial charge in [0.1, 0.15) is 0 Å². The van der Waals surface area contributed by atoms with Crippen LogP contribution in [0.1, 0.15) is 26.3 Å². The summed E-state index contributed by atoms with van der Waals surface area (Å²) in [5.41, 5.74) is 2.46. The molecule has 0 spiro atoms. The Labute approximate surface area is 181 Å². The Kier molecular flexibility index (Phi) is 6.41. The molecule has 8 heteroatoms. The second-order valence-corrected chi connectivity index (χ2v) is 8.83. The molecule has 0 aliphatic rings. The number of methoxy groups -OCH3 is 1. The van der Waals surface area contributed by atoms with E-state index < -0.39 is 21.9 Å². The summed E-state index contributed by atoms with van der Waals surface area (Å²) in [6.45, 7) is 1.88. The van der Waals surface area contributed by atoms with Gasteiger partial charge in [0.05, 0.1) is 23.3 Å². The Balaban J connectivity index is 1.79. The van der Waals surface area contributed by atoms with Gasteiger partial charge in [-0.3, -0.25) is 9.10 Å². The third-order valence-electron chi connectivity index (χ3n) is 4.72. The lowest BCUT2D eigenvalue weighted by atomic mass is 10.1. The third-order valence-corrected chi connectivity index (χ3v) is 6.51. The zero-order chi connectivity index (χ0) is 22.6. The first-order valence-corrected chi connectivity index (χ1v) is 10.8. The Bertz CT molecular complexity index is 1200. The molecule has 0 radical (unpaired) electrons. The number of nitrogens with one attached hydrogen (secondary N) is 1. The van der Waals surface area contributed by atoms with Crippen LogP contribution in [-0.4, -0.2) is 34.5 Å². The van der Waals surface area contributed by atoms with Gasteiger partial charge in [0.15, 0.2) is 0 Å². The van der Waals surface area contributed by atoms with E-state index in [4.69, 9.17) is 0 Å². The molecule has 0 saturated carbocycles. The van der Waals surface area contributed by atoms with Gasteiger partial charge in [-0.15, -0.1) is 0 Å². The van der Waals surface area contributed by atoms with Crippen molar-refractivity contribution in [2.24, 2.45) is 0 Å². The molecule has 0 fully saturated rings. The van der Waals surface area contributed by atoms with Crippen molar-refractivity contribution >= 4 is 33.3 Å². The van der Waals surface area contributed by atoms with Crippen molar-refractivity contribution in [3.8, 4) is 0 Å². The van der Waals surface area contributed by atoms with E-state index in [-0.39, 0.29) is 4.90 Å². The molecule has 160 valence electrons. The van der Waals surface area contributed by atoms with Crippen LogP contribution in [-0.2, 0) is 14.8 Å². The van der Waals surface area contributed by atoms with Gasteiger partial charge in [0, 0.05) is 18.3 Å². The third kappa shape index (κ3) is 4.92. The fourth-order valence-electron chi connectivity index (χ4n) is 2.86. The summed E-state index contributed by atoms with van der Waals surface area (Å²) >= 11 is 0. The molecule has 0 saturated heterocycles. The highest BCUT2D eigenvalue weighted by molar-refractivity contribution is 7.92. The van der Waals surface area contributed by atoms with Gasteiger partial charge in [-0.25, -0.2) is 13.2 Å². The van der Waals surface area contributed by atoms with Crippen LogP contribution in [0.3, 0.4) is 0 Å². The molecule has 7 nitrogen and oxygen atoms in total. The molecule has 0 aliphatic carbocycles. The molecule has 0 aliphatic heterocycles. The first-order valence-electron chi connectivity index (χ1n) is 9.38. The number of hydrogen-bond acceptors (Lipinski definition) is 5. The predicted octanol–water partition coefficient (Wildman–Crippen LogP) is 3.86. The number of benzene rings is 3. The number of sulfonamides is 1. The van der Waals surface area contributed by atoms with Crippen molar-refractivity contribution in [2.75, 3.05) is 23.8 Å². The maximum Gasteiger partial charge on any atom is 0.337 e. The highest BCUT2D eigenvalue weighted by atomic mass is 32.2. The average molecular weight is 439 g/mol. The van der Waals surface area contributed by atoms with Gasteiger partial charge in [0.2, 0.25) is 0 Å². The summed E-state index contributed by atoms with van der Waals surface area (Å²) in [5.74, 6) is -0.878. The molecule has 3 aromatic carbocycles. The van der Waals surface area contributed by atoms with Crippen LogP contribution in [0.5, 0.6) is 0 Å². The molecule has 0 bridgehead atoms. The summed E-state index contributed by atoms with van der Waals surface area (Å²) in [6, 6.07) is 19.2. The lowest BCUT2D eigenvalue weighted by molar-refractivity contribution is 0.0600. The Morgan fingerprint density at radius 3 is 2.16 bits per heavy atom. The summed E-state index contributed by atoms with van der Waals surface area (Å²) in [6.07, 6.45) is 0. The smallest absolute Gasteiger partial charge is 0.337 e. The number of carbonyl (C=O) groups is 2. The Morgan fingerprint density at radius 2 is 1.55 bits per heavy atom. The molecule has 31 heavy (non-hydrogen) atoms. The summed E-state index contributed by atoms with van der Waals surface area (Å²) in [5, 5.41) is 2.73. The van der Waals surface area contributed by atoms with Crippen LogP contribution in [0.15, 0.2) is 77.7 Å². The number of ether oxygens (including phenoxy) is 1. The molecule has 1 N–H and O–H groups in total. The molecule has 3 aromatic rings. The Morgan fingerprint density at radius 1 is 0.903 bits per heavy atom. The monoisotopic (exact) mass is 438 g/mol. The second kappa shape index (κ2) is 9.01. The quantitative estimate of drug-likeness (QED) is 0.590. The second-order valence-electron chi connectivity index (χ2n) is 6.86. The molecule has 0 unspecified atom stereocenters. The minimum atomic E-state index is -3.77. The maximum atomic E-state index is 12.9. The van der Waals surface area contributed by atoms with Crippen LogP contribution in [0.25, 0.3) is 0 Å². The van der Waals surface area contributed by atoms with Crippen LogP contribution in [0, 0.1) is 6.92 Å². The van der Waals surface area contributed by atoms with E-state index in [1.807, 2.05) is 6.92 Å². The molecule has 0 aromatic heterocycles. The van der Waals surface area contributed by atoms with Gasteiger partial charge < -0.3 is 10.1 Å². The van der Waals surface area contributed by atoms with Crippen molar-refractivity contribution in [3.63, 3.8) is 0 Å². The van der Waals surface area contributed by atoms with Crippen LogP contribution in [0.2, 0.25) is 0 Å². The van der Waals surface area contributed by atoms with Crippen molar-refractivity contribution in [3.05, 3.63) is 89.5 Å². The van der Waals surface area contributed by atoms with Gasteiger partial charge in [-0.05, 0) is 61.5 Å². The first-order chi connectivity index (χ1) is 14.7. The normalized spacial score (nSPS) is 10.9. The number of hydrogen-bond donors (Lipinski definition) is 1. The molecule has 3 rings (SSSR count). The number of nitrogens with zero attached hydrogens (tertiary/aromatic N) is 1. The van der Waals surface area contributed by atoms with E-state index in [9.17, 15) is 18.0 Å². The Hall–Kier alpha value is -3.65. The lowest BCUT2D eigenvalue weighted by Gasteiger charge is -2.20. The van der Waals surface area contributed by atoms with Gasteiger partial charge in [-0.1, -0.05) is 23.8 Å². The summed E-state index contributed by atoms with van der Waals surface area (Å²) in [4.78, 5) is 24.3. The topological polar surface area (TPSA) is 92.8 Å². The average Bonchev–Trinajstić information content (AvgIpc) is 2.78. The first kappa shape index (κ1) is 22.0. The van der Waals surface area contributed by atoms with E-state index in [1.165, 1.54) is 20.2 Å². The van der Waals surface area contributed by atoms with E-state index in [0.29, 0.717) is 22.5 Å². The highest BCUT2D eigenvalue weighted by Crippen LogP contribution is 2.24. The van der Waals surface area contributed by atoms with Gasteiger partial charge >= 0.3 is 5.97 Å². The van der Waals surface area contributed by atoms with Crippen LogP contribution < -0.4 is 9.62 Å². The summed E-state index contributed by atoms with van der Waals surface area (Å²) in [7, 11) is -1.03. The van der Waals surface area contributed by atoms with E-state index >= 15 is 0 Å². The molecule has 1 amide bonds. The lowest BCUT2D eigenvalue weighted by Crippen LogP contribution is -2.26. The van der Waals surface area contributed by atoms with Crippen molar-refractivity contribution in [1.29, 1.82) is 0 Å². The molecule has 0 heterocycles. The zero-order valence-electron chi connectivity index (χ0n) is 17.3. The molecular weight excluding hydrogens is 416 g/mol. The van der Waals surface area contributed by atoms with Crippen LogP contribution >= 0.6 is 0 Å². The predicted molar refractivity (Wildman–Crippen MR) is 119 cm³/mol. The van der Waals surface area contributed by atoms with Crippen molar-refractivity contribution in [1.82, 2.24) is 0 Å². The van der Waals surface area contributed by atoms with Gasteiger partial charge in [-0.2, -0.15) is 0 Å². The van der Waals surface area contributed by atoms with E-state index in [1.54, 1.807) is 66.7 Å². The fourth-order valence-corrected chi connectivity index (χ4v) is 4.05. The van der Waals surface area contributed by atoms with Gasteiger partial charge in [0.25, 0.3) is 15.9 Å². The minimum absolute atomic E-state index is 0.168.